The van der Waals surface area contributed by atoms with Gasteiger partial charge in [0, 0.05) is 10.6 Å². The number of thiophene rings is 1. The average Bonchev–Trinajstić information content (AvgIpc) is 2.67. The predicted octanol–water partition coefficient (Wildman–Crippen LogP) is 3.37. The number of hydrogen-bond acceptors (Lipinski definition) is 2. The molecule has 0 radical (unpaired) electrons. The van der Waals surface area contributed by atoms with Gasteiger partial charge < -0.3 is 4.57 Å². The van der Waals surface area contributed by atoms with Crippen LogP contribution in [0.5, 0.6) is 0 Å². The summed E-state index contributed by atoms with van der Waals surface area (Å²) in [6.45, 7) is 5.06. The molecule has 74 valence electrons. The van der Waals surface area contributed by atoms with Crippen molar-refractivity contribution in [1.29, 1.82) is 0 Å². The van der Waals surface area contributed by atoms with E-state index in [9.17, 15) is 0 Å². The zero-order valence-electron chi connectivity index (χ0n) is 8.12. The Morgan fingerprint density at radius 1 is 1.43 bits per heavy atom. The van der Waals surface area contributed by atoms with Crippen molar-refractivity contribution in [1.82, 2.24) is 9.55 Å². The third kappa shape index (κ3) is 1.91. The molecule has 0 amide bonds. The lowest BCUT2D eigenvalue weighted by Gasteiger charge is -2.02. The van der Waals surface area contributed by atoms with Crippen molar-refractivity contribution >= 4 is 27.3 Å². The van der Waals surface area contributed by atoms with Crippen molar-refractivity contribution in [3.8, 4) is 0 Å². The van der Waals surface area contributed by atoms with Gasteiger partial charge in [0.1, 0.15) is 0 Å². The highest BCUT2D eigenvalue weighted by Crippen LogP contribution is 2.23. The molecule has 2 aromatic heterocycles. The maximum Gasteiger partial charge on any atom is 0.0954 e. The van der Waals surface area contributed by atoms with Gasteiger partial charge in [-0.1, -0.05) is 0 Å². The first kappa shape index (κ1) is 9.93. The molecule has 0 aliphatic rings. The lowest BCUT2D eigenvalue weighted by molar-refractivity contribution is 0.779. The van der Waals surface area contributed by atoms with Gasteiger partial charge >= 0.3 is 0 Å². The lowest BCUT2D eigenvalue weighted by Crippen LogP contribution is -1.98. The Morgan fingerprint density at radius 3 is 2.71 bits per heavy atom. The average molecular weight is 271 g/mol. The Labute approximate surface area is 95.7 Å². The summed E-state index contributed by atoms with van der Waals surface area (Å²) in [4.78, 5) is 5.62. The molecule has 2 aromatic rings. The minimum absolute atomic E-state index is 0.920. The van der Waals surface area contributed by atoms with Gasteiger partial charge in [-0.2, -0.15) is 0 Å². The second-order valence-electron chi connectivity index (χ2n) is 3.25. The zero-order valence-corrected chi connectivity index (χ0v) is 10.5. The molecule has 0 unspecified atom stereocenters. The van der Waals surface area contributed by atoms with Crippen LogP contribution in [0.3, 0.4) is 0 Å². The molecule has 0 bridgehead atoms. The van der Waals surface area contributed by atoms with E-state index < -0.39 is 0 Å². The normalized spacial score (nSPS) is 10.8. The summed E-state index contributed by atoms with van der Waals surface area (Å²) in [7, 11) is 0. The van der Waals surface area contributed by atoms with Crippen molar-refractivity contribution < 1.29 is 0 Å². The number of halogens is 1. The molecule has 0 saturated heterocycles. The van der Waals surface area contributed by atoms with Crippen LogP contribution in [0.15, 0.2) is 22.2 Å². The van der Waals surface area contributed by atoms with Crippen LogP contribution in [-0.4, -0.2) is 9.55 Å². The summed E-state index contributed by atoms with van der Waals surface area (Å²) in [5.74, 6) is 0. The first-order chi connectivity index (χ1) is 6.66. The summed E-state index contributed by atoms with van der Waals surface area (Å²) in [6.07, 6.45) is 1.90. The van der Waals surface area contributed by atoms with Gasteiger partial charge in [0.2, 0.25) is 0 Å². The molecule has 0 aromatic carbocycles. The van der Waals surface area contributed by atoms with Crippen LogP contribution in [-0.2, 0) is 6.54 Å². The van der Waals surface area contributed by atoms with Gasteiger partial charge in [0.25, 0.3) is 0 Å². The molecule has 2 rings (SSSR count). The van der Waals surface area contributed by atoms with Gasteiger partial charge in [-0.05, 0) is 41.9 Å². The molecule has 0 saturated carbocycles. The predicted molar refractivity (Wildman–Crippen MR) is 62.8 cm³/mol. The summed E-state index contributed by atoms with van der Waals surface area (Å²) < 4.78 is 3.36. The number of nitrogens with zero attached hydrogens (tertiary/aromatic N) is 2. The topological polar surface area (TPSA) is 17.8 Å². The summed E-state index contributed by atoms with van der Waals surface area (Å²) in [5, 5.41) is 0. The molecule has 2 nitrogen and oxygen atoms in total. The van der Waals surface area contributed by atoms with E-state index >= 15 is 0 Å². The summed E-state index contributed by atoms with van der Waals surface area (Å²) in [6, 6.07) is 4.22. The van der Waals surface area contributed by atoms with E-state index in [2.05, 4.69) is 44.5 Å². The second kappa shape index (κ2) is 3.87. The highest BCUT2D eigenvalue weighted by Gasteiger charge is 2.03. The standard InChI is InChI=1S/C10H11BrN2S/c1-7-8(2)13(6-12-7)5-9-3-4-10(11)14-9/h3-4,6H,5H2,1-2H3. The summed E-state index contributed by atoms with van der Waals surface area (Å²) in [5.41, 5.74) is 2.36. The van der Waals surface area contributed by atoms with Crippen molar-refractivity contribution in [3.63, 3.8) is 0 Å². The number of hydrogen-bond donors (Lipinski definition) is 0. The molecule has 0 spiro atoms. The van der Waals surface area contributed by atoms with E-state index in [4.69, 9.17) is 0 Å². The van der Waals surface area contributed by atoms with Gasteiger partial charge in [-0.25, -0.2) is 4.98 Å². The van der Waals surface area contributed by atoms with Crippen LogP contribution in [0, 0.1) is 13.8 Å². The molecule has 0 atom stereocenters. The fourth-order valence-corrected chi connectivity index (χ4v) is 2.79. The first-order valence-electron chi connectivity index (χ1n) is 4.39. The van der Waals surface area contributed by atoms with Crippen molar-refractivity contribution in [2.75, 3.05) is 0 Å². The zero-order chi connectivity index (χ0) is 10.1. The van der Waals surface area contributed by atoms with Gasteiger partial charge in [0.15, 0.2) is 0 Å². The number of rotatable bonds is 2. The van der Waals surface area contributed by atoms with E-state index in [0.29, 0.717) is 0 Å². The van der Waals surface area contributed by atoms with Crippen LogP contribution in [0.4, 0.5) is 0 Å². The maximum absolute atomic E-state index is 4.27. The van der Waals surface area contributed by atoms with Crippen LogP contribution in [0.25, 0.3) is 0 Å². The summed E-state index contributed by atoms with van der Waals surface area (Å²) >= 11 is 5.23. The van der Waals surface area contributed by atoms with Crippen molar-refractivity contribution in [2.45, 2.75) is 20.4 Å². The van der Waals surface area contributed by atoms with Gasteiger partial charge in [-0.3, -0.25) is 0 Å². The molecule has 0 aliphatic carbocycles. The van der Waals surface area contributed by atoms with Crippen molar-refractivity contribution in [2.24, 2.45) is 0 Å². The molecular weight excluding hydrogens is 260 g/mol. The molecule has 0 N–H and O–H groups in total. The number of aryl methyl sites for hydroxylation is 1. The van der Waals surface area contributed by atoms with Crippen LogP contribution in [0.1, 0.15) is 16.3 Å². The number of imidazole rings is 1. The smallest absolute Gasteiger partial charge is 0.0954 e. The Balaban J connectivity index is 2.22. The van der Waals surface area contributed by atoms with Crippen LogP contribution >= 0.6 is 27.3 Å². The monoisotopic (exact) mass is 270 g/mol. The van der Waals surface area contributed by atoms with Crippen molar-refractivity contribution in [3.05, 3.63) is 38.5 Å². The number of aromatic nitrogens is 2. The Morgan fingerprint density at radius 2 is 2.21 bits per heavy atom. The molecule has 4 heteroatoms. The third-order valence-electron chi connectivity index (χ3n) is 2.30. The van der Waals surface area contributed by atoms with Crippen LogP contribution < -0.4 is 0 Å². The van der Waals surface area contributed by atoms with Gasteiger partial charge in [-0.15, -0.1) is 11.3 Å². The highest BCUT2D eigenvalue weighted by atomic mass is 79.9. The van der Waals surface area contributed by atoms with E-state index in [1.807, 2.05) is 13.3 Å². The third-order valence-corrected chi connectivity index (χ3v) is 3.91. The Hall–Kier alpha value is -0.610. The van der Waals surface area contributed by atoms with Crippen LogP contribution in [0.2, 0.25) is 0 Å². The van der Waals surface area contributed by atoms with E-state index in [1.165, 1.54) is 14.4 Å². The van der Waals surface area contributed by atoms with E-state index in [0.717, 1.165) is 12.2 Å². The Kier molecular flexibility index (Phi) is 2.74. The maximum atomic E-state index is 4.27. The SMILES string of the molecule is Cc1ncn(Cc2ccc(Br)s2)c1C. The quantitative estimate of drug-likeness (QED) is 0.818. The molecule has 2 heterocycles. The van der Waals surface area contributed by atoms with Gasteiger partial charge in [0.05, 0.1) is 22.4 Å². The largest absolute Gasteiger partial charge is 0.329 e. The Bertz CT molecular complexity index is 445. The fraction of sp³-hybridized carbons (Fsp3) is 0.300. The lowest BCUT2D eigenvalue weighted by atomic mass is 10.3. The first-order valence-corrected chi connectivity index (χ1v) is 6.00. The molecule has 0 fully saturated rings. The fourth-order valence-electron chi connectivity index (χ4n) is 1.31. The molecule has 0 aliphatic heterocycles. The minimum Gasteiger partial charge on any atom is -0.329 e. The molecule has 14 heavy (non-hydrogen) atoms. The van der Waals surface area contributed by atoms with E-state index in [1.54, 1.807) is 11.3 Å². The second-order valence-corrected chi connectivity index (χ2v) is 5.80. The van der Waals surface area contributed by atoms with E-state index in [-0.39, 0.29) is 0 Å². The highest BCUT2D eigenvalue weighted by molar-refractivity contribution is 9.11. The molecular formula is C10H11BrN2S. The minimum atomic E-state index is 0.920.